The lowest BCUT2D eigenvalue weighted by atomic mass is 10.1. The summed E-state index contributed by atoms with van der Waals surface area (Å²) in [6.07, 6.45) is 1.56. The summed E-state index contributed by atoms with van der Waals surface area (Å²) in [6.45, 7) is 0.128. The first-order valence-corrected chi connectivity index (χ1v) is 8.25. The maximum Gasteiger partial charge on any atom is 0.231 e. The Morgan fingerprint density at radius 3 is 2.69 bits per heavy atom. The van der Waals surface area contributed by atoms with Crippen molar-refractivity contribution in [3.8, 4) is 17.2 Å². The first-order valence-electron chi connectivity index (χ1n) is 7.87. The van der Waals surface area contributed by atoms with E-state index < -0.39 is 0 Å². The zero-order valence-corrected chi connectivity index (χ0v) is 15.5. The number of ketones is 1. The third kappa shape index (κ3) is 3.41. The molecule has 0 aliphatic carbocycles. The number of hydrogen-bond acceptors (Lipinski definition) is 6. The molecule has 7 heteroatoms. The Kier molecular flexibility index (Phi) is 4.95. The number of anilines is 2. The number of rotatable bonds is 5. The molecule has 0 fully saturated rings. The molecule has 0 aromatic heterocycles. The summed E-state index contributed by atoms with van der Waals surface area (Å²) in [5.41, 5.74) is 8.44. The maximum absolute atomic E-state index is 12.6. The van der Waals surface area contributed by atoms with Crippen LogP contribution in [0.1, 0.15) is 15.9 Å². The molecule has 0 bridgehead atoms. The zero-order chi connectivity index (χ0) is 18.8. The van der Waals surface area contributed by atoms with E-state index in [2.05, 4.69) is 0 Å². The van der Waals surface area contributed by atoms with Gasteiger partial charge in [-0.3, -0.25) is 4.79 Å². The number of carbonyl (C=O) groups excluding carboxylic acids is 1. The summed E-state index contributed by atoms with van der Waals surface area (Å²) >= 11 is 6.25. The molecule has 26 heavy (non-hydrogen) atoms. The number of Topliss-reactive ketones (excluding diaryl/α,β-unsaturated/α-hetero) is 1. The molecule has 1 aliphatic heterocycles. The van der Waals surface area contributed by atoms with E-state index in [1.807, 2.05) is 19.0 Å². The van der Waals surface area contributed by atoms with Crippen LogP contribution in [-0.4, -0.2) is 33.8 Å². The lowest BCUT2D eigenvalue weighted by Crippen LogP contribution is -2.12. The Bertz CT molecular complexity index is 893. The third-order valence-electron chi connectivity index (χ3n) is 3.96. The molecule has 0 radical (unpaired) electrons. The first kappa shape index (κ1) is 17.9. The number of halogens is 1. The van der Waals surface area contributed by atoms with Crippen LogP contribution >= 0.6 is 11.6 Å². The molecule has 2 aromatic rings. The van der Waals surface area contributed by atoms with Crippen LogP contribution in [0.4, 0.5) is 11.4 Å². The van der Waals surface area contributed by atoms with Crippen LogP contribution in [-0.2, 0) is 0 Å². The minimum Gasteiger partial charge on any atom is -0.493 e. The highest BCUT2D eigenvalue weighted by Crippen LogP contribution is 2.42. The average molecular weight is 375 g/mol. The second-order valence-electron chi connectivity index (χ2n) is 5.95. The fourth-order valence-electron chi connectivity index (χ4n) is 2.69. The van der Waals surface area contributed by atoms with Crippen molar-refractivity contribution in [1.82, 2.24) is 0 Å². The minimum atomic E-state index is -0.319. The number of hydrogen-bond donors (Lipinski definition) is 1. The molecule has 0 amide bonds. The molecule has 0 unspecified atom stereocenters. The van der Waals surface area contributed by atoms with Gasteiger partial charge in [-0.1, -0.05) is 11.6 Å². The average Bonchev–Trinajstić information content (AvgIpc) is 3.08. The van der Waals surface area contributed by atoms with E-state index in [1.165, 1.54) is 7.11 Å². The number of benzene rings is 2. The second kappa shape index (κ2) is 7.17. The highest BCUT2D eigenvalue weighted by Gasteiger charge is 2.20. The molecule has 0 atom stereocenters. The van der Waals surface area contributed by atoms with Gasteiger partial charge in [-0.15, -0.1) is 0 Å². The van der Waals surface area contributed by atoms with E-state index in [4.69, 9.17) is 31.5 Å². The minimum absolute atomic E-state index is 0.0583. The van der Waals surface area contributed by atoms with E-state index in [9.17, 15) is 4.79 Å². The second-order valence-corrected chi connectivity index (χ2v) is 6.35. The van der Waals surface area contributed by atoms with E-state index in [1.54, 1.807) is 36.4 Å². The Balaban J connectivity index is 1.90. The number of nitrogens with two attached hydrogens (primary N) is 1. The molecule has 3 rings (SSSR count). The first-order chi connectivity index (χ1) is 12.4. The van der Waals surface area contributed by atoms with Crippen molar-refractivity contribution < 1.29 is 19.0 Å². The van der Waals surface area contributed by atoms with Crippen LogP contribution in [0, 0.1) is 0 Å². The number of carbonyl (C=O) groups is 1. The fourth-order valence-corrected chi connectivity index (χ4v) is 2.92. The lowest BCUT2D eigenvalue weighted by Gasteiger charge is -2.15. The van der Waals surface area contributed by atoms with Crippen molar-refractivity contribution in [3.63, 3.8) is 0 Å². The summed E-state index contributed by atoms with van der Waals surface area (Å²) in [4.78, 5) is 14.5. The molecule has 2 N–H and O–H groups in total. The van der Waals surface area contributed by atoms with Gasteiger partial charge < -0.3 is 24.8 Å². The molecular formula is C19H19ClN2O4. The maximum atomic E-state index is 12.6. The number of nitrogen functional groups attached to an aromatic ring is 1. The molecule has 1 heterocycles. The van der Waals surface area contributed by atoms with E-state index in [0.29, 0.717) is 34.1 Å². The Morgan fingerprint density at radius 1 is 1.27 bits per heavy atom. The van der Waals surface area contributed by atoms with Gasteiger partial charge in [0.25, 0.3) is 0 Å². The third-order valence-corrected chi connectivity index (χ3v) is 4.24. The monoisotopic (exact) mass is 374 g/mol. The molecule has 0 spiro atoms. The van der Waals surface area contributed by atoms with Crippen LogP contribution in [0.25, 0.3) is 6.08 Å². The molecule has 136 valence electrons. The summed E-state index contributed by atoms with van der Waals surface area (Å²) < 4.78 is 16.0. The summed E-state index contributed by atoms with van der Waals surface area (Å²) in [5, 5.41) is 0.0583. The fraction of sp³-hybridized carbons (Fsp3) is 0.211. The smallest absolute Gasteiger partial charge is 0.231 e. The summed E-state index contributed by atoms with van der Waals surface area (Å²) in [7, 11) is 5.30. The topological polar surface area (TPSA) is 74.0 Å². The normalized spacial score (nSPS) is 12.8. The van der Waals surface area contributed by atoms with Crippen molar-refractivity contribution in [2.24, 2.45) is 0 Å². The molecule has 1 aliphatic rings. The van der Waals surface area contributed by atoms with Crippen molar-refractivity contribution in [1.29, 1.82) is 0 Å². The molecule has 2 aromatic carbocycles. The van der Waals surface area contributed by atoms with Crippen molar-refractivity contribution in [3.05, 3.63) is 46.5 Å². The quantitative estimate of drug-likeness (QED) is 0.490. The Labute approximate surface area is 156 Å². The van der Waals surface area contributed by atoms with Crippen LogP contribution in [0.3, 0.4) is 0 Å². The largest absolute Gasteiger partial charge is 0.493 e. The predicted octanol–water partition coefficient (Wildman–Crippen LogP) is 3.53. The van der Waals surface area contributed by atoms with Crippen LogP contribution < -0.4 is 24.8 Å². The predicted molar refractivity (Wildman–Crippen MR) is 102 cm³/mol. The van der Waals surface area contributed by atoms with Gasteiger partial charge in [0.1, 0.15) is 0 Å². The van der Waals surface area contributed by atoms with Gasteiger partial charge in [-0.2, -0.15) is 0 Å². The highest BCUT2D eigenvalue weighted by molar-refractivity contribution is 6.47. The number of allylic oxidation sites excluding steroid dienone is 1. The summed E-state index contributed by atoms with van der Waals surface area (Å²) in [5.74, 6) is 1.29. The van der Waals surface area contributed by atoms with Gasteiger partial charge >= 0.3 is 0 Å². The Hall–Kier alpha value is -2.86. The SMILES string of the molecule is COc1cc(C=C(Cl)C(=O)c2ccc(N(C)C)c(N)c2)cc2c1OCO2. The van der Waals surface area contributed by atoms with Crippen molar-refractivity contribution in [2.45, 2.75) is 0 Å². The van der Waals surface area contributed by atoms with Gasteiger partial charge in [-0.05, 0) is 42.0 Å². The van der Waals surface area contributed by atoms with E-state index >= 15 is 0 Å². The number of fused-ring (bicyclic) bond motifs is 1. The summed E-state index contributed by atoms with van der Waals surface area (Å²) in [6, 6.07) is 8.58. The van der Waals surface area contributed by atoms with Crippen LogP contribution in [0.15, 0.2) is 35.4 Å². The van der Waals surface area contributed by atoms with Gasteiger partial charge in [0.05, 0.1) is 23.5 Å². The Morgan fingerprint density at radius 2 is 2.04 bits per heavy atom. The highest BCUT2D eigenvalue weighted by atomic mass is 35.5. The molecule has 0 saturated heterocycles. The van der Waals surface area contributed by atoms with Crippen LogP contribution in [0.2, 0.25) is 0 Å². The lowest BCUT2D eigenvalue weighted by molar-refractivity contribution is 0.104. The molecule has 0 saturated carbocycles. The van der Waals surface area contributed by atoms with Crippen LogP contribution in [0.5, 0.6) is 17.2 Å². The van der Waals surface area contributed by atoms with Gasteiger partial charge in [-0.25, -0.2) is 0 Å². The van der Waals surface area contributed by atoms with Gasteiger partial charge in [0.15, 0.2) is 11.5 Å². The molecule has 6 nitrogen and oxygen atoms in total. The van der Waals surface area contributed by atoms with Gasteiger partial charge in [0, 0.05) is 19.7 Å². The number of nitrogens with zero attached hydrogens (tertiary/aromatic N) is 1. The standard InChI is InChI=1S/C19H19ClN2O4/c1-22(2)15-5-4-12(9-14(15)21)18(23)13(20)6-11-7-16(24-3)19-17(8-11)25-10-26-19/h4-9H,10,21H2,1-3H3. The zero-order valence-electron chi connectivity index (χ0n) is 14.7. The van der Waals surface area contributed by atoms with E-state index in [0.717, 1.165) is 5.69 Å². The number of ether oxygens (including phenoxy) is 3. The van der Waals surface area contributed by atoms with Gasteiger partial charge in [0.2, 0.25) is 18.3 Å². The van der Waals surface area contributed by atoms with Crippen molar-refractivity contribution in [2.75, 3.05) is 38.6 Å². The number of methoxy groups -OCH3 is 1. The molecular weight excluding hydrogens is 356 g/mol. The van der Waals surface area contributed by atoms with Crippen molar-refractivity contribution >= 4 is 34.8 Å². The van der Waals surface area contributed by atoms with E-state index in [-0.39, 0.29) is 17.6 Å².